The molecule has 0 bridgehead atoms. The Morgan fingerprint density at radius 3 is 2.67 bits per heavy atom. The Morgan fingerprint density at radius 1 is 1.28 bits per heavy atom. The first-order valence-corrected chi connectivity index (χ1v) is 6.18. The number of aryl methyl sites for hydroxylation is 1. The normalized spacial score (nSPS) is 9.94. The lowest BCUT2D eigenvalue weighted by Crippen LogP contribution is -2.24. The lowest BCUT2D eigenvalue weighted by molar-refractivity contribution is -0.121. The molecule has 0 aliphatic rings. The van der Waals surface area contributed by atoms with Gasteiger partial charge in [-0.3, -0.25) is 4.79 Å². The van der Waals surface area contributed by atoms with Crippen LogP contribution in [0.1, 0.15) is 25.3 Å². The van der Waals surface area contributed by atoms with Crippen LogP contribution in [-0.4, -0.2) is 26.7 Å². The van der Waals surface area contributed by atoms with Gasteiger partial charge in [-0.25, -0.2) is 0 Å². The van der Waals surface area contributed by atoms with E-state index in [1.54, 1.807) is 14.2 Å². The zero-order chi connectivity index (χ0) is 13.4. The molecule has 18 heavy (non-hydrogen) atoms. The van der Waals surface area contributed by atoms with Crippen molar-refractivity contribution < 1.29 is 14.3 Å². The molecule has 4 heteroatoms. The van der Waals surface area contributed by atoms with E-state index < -0.39 is 0 Å². The second-order valence-corrected chi connectivity index (χ2v) is 4.03. The van der Waals surface area contributed by atoms with E-state index in [0.717, 1.165) is 30.0 Å². The molecular formula is C14H21NO3. The number of ether oxygens (including phenoxy) is 2. The number of hydrogen-bond acceptors (Lipinski definition) is 3. The molecule has 0 aliphatic heterocycles. The second-order valence-electron chi connectivity index (χ2n) is 4.03. The lowest BCUT2D eigenvalue weighted by Gasteiger charge is -2.10. The molecule has 1 amide bonds. The summed E-state index contributed by atoms with van der Waals surface area (Å²) in [6.45, 7) is 2.76. The molecule has 1 rings (SSSR count). The van der Waals surface area contributed by atoms with Crippen LogP contribution in [0, 0.1) is 0 Å². The quantitative estimate of drug-likeness (QED) is 0.808. The fourth-order valence-corrected chi connectivity index (χ4v) is 1.68. The molecule has 1 aromatic carbocycles. The molecule has 0 aliphatic carbocycles. The van der Waals surface area contributed by atoms with E-state index in [2.05, 4.69) is 5.32 Å². The van der Waals surface area contributed by atoms with Gasteiger partial charge in [0.25, 0.3) is 0 Å². The summed E-state index contributed by atoms with van der Waals surface area (Å²) in [6, 6.07) is 5.61. The van der Waals surface area contributed by atoms with Crippen molar-refractivity contribution in [3.05, 3.63) is 23.8 Å². The second kappa shape index (κ2) is 7.58. The van der Waals surface area contributed by atoms with Gasteiger partial charge in [0.15, 0.2) is 0 Å². The van der Waals surface area contributed by atoms with Gasteiger partial charge < -0.3 is 14.8 Å². The predicted molar refractivity (Wildman–Crippen MR) is 71.2 cm³/mol. The highest BCUT2D eigenvalue weighted by atomic mass is 16.5. The van der Waals surface area contributed by atoms with Gasteiger partial charge >= 0.3 is 0 Å². The summed E-state index contributed by atoms with van der Waals surface area (Å²) in [5.74, 6) is 1.64. The minimum Gasteiger partial charge on any atom is -0.497 e. The molecule has 1 N–H and O–H groups in total. The summed E-state index contributed by atoms with van der Waals surface area (Å²) < 4.78 is 10.4. The van der Waals surface area contributed by atoms with Crippen LogP contribution in [0.5, 0.6) is 11.5 Å². The zero-order valence-electron chi connectivity index (χ0n) is 11.3. The zero-order valence-corrected chi connectivity index (χ0v) is 11.3. The van der Waals surface area contributed by atoms with Crippen LogP contribution in [0.25, 0.3) is 0 Å². The molecule has 0 saturated heterocycles. The lowest BCUT2D eigenvalue weighted by atomic mass is 10.1. The Kier molecular flexibility index (Phi) is 6.05. The predicted octanol–water partition coefficient (Wildman–Crippen LogP) is 2.16. The average Bonchev–Trinajstić information content (AvgIpc) is 2.42. The Labute approximate surface area is 108 Å². The van der Waals surface area contributed by atoms with Crippen LogP contribution >= 0.6 is 0 Å². The van der Waals surface area contributed by atoms with Gasteiger partial charge in [0, 0.05) is 13.0 Å². The van der Waals surface area contributed by atoms with Crippen LogP contribution < -0.4 is 14.8 Å². The maximum Gasteiger partial charge on any atom is 0.220 e. The number of nitrogens with one attached hydrogen (secondary N) is 1. The van der Waals surface area contributed by atoms with Crippen molar-refractivity contribution in [2.75, 3.05) is 20.8 Å². The Bertz CT molecular complexity index is 391. The Balaban J connectivity index is 2.62. The summed E-state index contributed by atoms with van der Waals surface area (Å²) in [5, 5.41) is 2.86. The molecule has 0 atom stereocenters. The SMILES string of the molecule is CCCNC(=O)CCc1cc(OC)ccc1OC. The topological polar surface area (TPSA) is 47.6 Å². The number of carbonyl (C=O) groups is 1. The fourth-order valence-electron chi connectivity index (χ4n) is 1.68. The summed E-state index contributed by atoms with van der Waals surface area (Å²) in [7, 11) is 3.25. The summed E-state index contributed by atoms with van der Waals surface area (Å²) >= 11 is 0. The highest BCUT2D eigenvalue weighted by Crippen LogP contribution is 2.24. The molecule has 0 unspecified atom stereocenters. The van der Waals surface area contributed by atoms with Gasteiger partial charge in [0.1, 0.15) is 11.5 Å². The van der Waals surface area contributed by atoms with Gasteiger partial charge in [-0.05, 0) is 36.6 Å². The summed E-state index contributed by atoms with van der Waals surface area (Å²) in [5.41, 5.74) is 0.989. The molecule has 0 spiro atoms. The number of carbonyl (C=O) groups excluding carboxylic acids is 1. The molecule has 1 aromatic rings. The van der Waals surface area contributed by atoms with Gasteiger partial charge in [0.05, 0.1) is 14.2 Å². The number of rotatable bonds is 7. The van der Waals surface area contributed by atoms with Crippen LogP contribution in [0.15, 0.2) is 18.2 Å². The standard InChI is InChI=1S/C14H21NO3/c1-4-9-15-14(16)8-5-11-10-12(17-2)6-7-13(11)18-3/h6-7,10H,4-5,8-9H2,1-3H3,(H,15,16). The van der Waals surface area contributed by atoms with Crippen LogP contribution in [0.4, 0.5) is 0 Å². The third kappa shape index (κ3) is 4.28. The van der Waals surface area contributed by atoms with Crippen molar-refractivity contribution in [2.45, 2.75) is 26.2 Å². The fraction of sp³-hybridized carbons (Fsp3) is 0.500. The van der Waals surface area contributed by atoms with E-state index >= 15 is 0 Å². The molecule has 0 heterocycles. The van der Waals surface area contributed by atoms with Crippen molar-refractivity contribution >= 4 is 5.91 Å². The van der Waals surface area contributed by atoms with E-state index in [-0.39, 0.29) is 5.91 Å². The number of amides is 1. The average molecular weight is 251 g/mol. The van der Waals surface area contributed by atoms with Gasteiger partial charge in [-0.1, -0.05) is 6.92 Å². The molecule has 100 valence electrons. The number of benzene rings is 1. The first kappa shape index (κ1) is 14.4. The van der Waals surface area contributed by atoms with Crippen LogP contribution in [0.3, 0.4) is 0 Å². The van der Waals surface area contributed by atoms with E-state index in [1.165, 1.54) is 0 Å². The summed E-state index contributed by atoms with van der Waals surface area (Å²) in [4.78, 5) is 11.5. The Hall–Kier alpha value is -1.71. The number of methoxy groups -OCH3 is 2. The van der Waals surface area contributed by atoms with Crippen LogP contribution in [0.2, 0.25) is 0 Å². The highest BCUT2D eigenvalue weighted by Gasteiger charge is 2.07. The van der Waals surface area contributed by atoms with Gasteiger partial charge in [-0.15, -0.1) is 0 Å². The smallest absolute Gasteiger partial charge is 0.220 e. The van der Waals surface area contributed by atoms with E-state index in [0.29, 0.717) is 12.8 Å². The number of hydrogen-bond donors (Lipinski definition) is 1. The first-order chi connectivity index (χ1) is 8.71. The largest absolute Gasteiger partial charge is 0.497 e. The van der Waals surface area contributed by atoms with Crippen molar-refractivity contribution in [3.8, 4) is 11.5 Å². The van der Waals surface area contributed by atoms with E-state index in [9.17, 15) is 4.79 Å². The molecule has 0 saturated carbocycles. The minimum atomic E-state index is 0.0710. The Morgan fingerprint density at radius 2 is 2.06 bits per heavy atom. The molecular weight excluding hydrogens is 230 g/mol. The molecule has 4 nitrogen and oxygen atoms in total. The minimum absolute atomic E-state index is 0.0710. The molecule has 0 fully saturated rings. The third-order valence-electron chi connectivity index (χ3n) is 2.68. The third-order valence-corrected chi connectivity index (χ3v) is 2.68. The van der Waals surface area contributed by atoms with Crippen LogP contribution in [-0.2, 0) is 11.2 Å². The highest BCUT2D eigenvalue weighted by molar-refractivity contribution is 5.76. The first-order valence-electron chi connectivity index (χ1n) is 6.18. The molecule has 0 aromatic heterocycles. The van der Waals surface area contributed by atoms with Gasteiger partial charge in [-0.2, -0.15) is 0 Å². The molecule has 0 radical (unpaired) electrons. The van der Waals surface area contributed by atoms with E-state index in [1.807, 2.05) is 25.1 Å². The summed E-state index contributed by atoms with van der Waals surface area (Å²) in [6.07, 6.45) is 2.06. The maximum atomic E-state index is 11.5. The van der Waals surface area contributed by atoms with Gasteiger partial charge in [0.2, 0.25) is 5.91 Å². The maximum absolute atomic E-state index is 11.5. The van der Waals surface area contributed by atoms with Crippen molar-refractivity contribution in [2.24, 2.45) is 0 Å². The monoisotopic (exact) mass is 251 g/mol. The van der Waals surface area contributed by atoms with E-state index in [4.69, 9.17) is 9.47 Å². The van der Waals surface area contributed by atoms with Crippen molar-refractivity contribution in [1.29, 1.82) is 0 Å². The van der Waals surface area contributed by atoms with Crippen molar-refractivity contribution in [3.63, 3.8) is 0 Å². The van der Waals surface area contributed by atoms with Crippen molar-refractivity contribution in [1.82, 2.24) is 5.32 Å².